The van der Waals surface area contributed by atoms with Crippen molar-refractivity contribution in [3.8, 4) is 0 Å². The third-order valence-electron chi connectivity index (χ3n) is 4.19. The molecule has 0 fully saturated rings. The number of anilines is 1. The first kappa shape index (κ1) is 19.2. The molecule has 2 rings (SSSR count). The van der Waals surface area contributed by atoms with Crippen LogP contribution in [0.3, 0.4) is 0 Å². The Morgan fingerprint density at radius 1 is 1.16 bits per heavy atom. The Morgan fingerprint density at radius 3 is 2.64 bits per heavy atom. The quantitative estimate of drug-likeness (QED) is 0.689. The Labute approximate surface area is 150 Å². The maximum atomic E-state index is 12.9. The molecule has 0 aliphatic carbocycles. The van der Waals surface area contributed by atoms with Crippen molar-refractivity contribution in [3.63, 3.8) is 0 Å². The van der Waals surface area contributed by atoms with E-state index in [1.165, 1.54) is 0 Å². The van der Waals surface area contributed by atoms with E-state index in [1.54, 1.807) is 0 Å². The highest BCUT2D eigenvalue weighted by atomic mass is 16.5. The van der Waals surface area contributed by atoms with E-state index < -0.39 is 0 Å². The Hall–Kier alpha value is -2.17. The largest absolute Gasteiger partial charge is 0.382 e. The molecule has 0 saturated carbocycles. The van der Waals surface area contributed by atoms with Crippen LogP contribution in [0.1, 0.15) is 36.1 Å². The van der Waals surface area contributed by atoms with Crippen LogP contribution in [0.25, 0.3) is 0 Å². The van der Waals surface area contributed by atoms with Crippen LogP contribution in [0.4, 0.5) is 5.69 Å². The van der Waals surface area contributed by atoms with Crippen molar-refractivity contribution in [2.75, 3.05) is 25.1 Å². The zero-order valence-corrected chi connectivity index (χ0v) is 15.4. The monoisotopic (exact) mass is 341 g/mol. The molecule has 1 amide bonds. The molecule has 4 heteroatoms. The summed E-state index contributed by atoms with van der Waals surface area (Å²) in [6, 6.07) is 15.8. The zero-order valence-electron chi connectivity index (χ0n) is 15.4. The van der Waals surface area contributed by atoms with E-state index >= 15 is 0 Å². The first-order valence-corrected chi connectivity index (χ1v) is 8.96. The number of ether oxygens (including phenoxy) is 1. The summed E-state index contributed by atoms with van der Waals surface area (Å²) in [6.45, 7) is 8.35. The summed E-state index contributed by atoms with van der Waals surface area (Å²) >= 11 is 0. The topological polar surface area (TPSA) is 54.9 Å². The zero-order chi connectivity index (χ0) is 18.1. The molecule has 2 aromatic rings. The van der Waals surface area contributed by atoms with Crippen molar-refractivity contribution < 1.29 is 14.8 Å². The summed E-state index contributed by atoms with van der Waals surface area (Å²) in [6.07, 6.45) is 0.925. The van der Waals surface area contributed by atoms with Gasteiger partial charge in [-0.1, -0.05) is 42.5 Å². The summed E-state index contributed by atoms with van der Waals surface area (Å²) in [5.41, 5.74) is 4.11. The lowest BCUT2D eigenvalue weighted by Gasteiger charge is -2.17. The second kappa shape index (κ2) is 9.97. The van der Waals surface area contributed by atoms with Gasteiger partial charge in [-0.05, 0) is 38.0 Å². The van der Waals surface area contributed by atoms with Gasteiger partial charge in [0.25, 0.3) is 5.91 Å². The van der Waals surface area contributed by atoms with Gasteiger partial charge in [0.15, 0.2) is 6.04 Å². The lowest BCUT2D eigenvalue weighted by molar-refractivity contribution is -0.682. The lowest BCUT2D eigenvalue weighted by atomic mass is 10.0. The number of benzene rings is 2. The summed E-state index contributed by atoms with van der Waals surface area (Å²) < 4.78 is 5.39. The number of nitrogens with one attached hydrogen (secondary N) is 1. The van der Waals surface area contributed by atoms with Crippen molar-refractivity contribution in [1.29, 1.82) is 0 Å². The molecule has 134 valence electrons. The number of carbonyl (C=O) groups is 1. The van der Waals surface area contributed by atoms with E-state index in [2.05, 4.69) is 16.7 Å². The molecule has 0 saturated heterocycles. The SMILES string of the molecule is CCOCCC[NH2+][C@H](C(=O)Nc1cc(C)ccc1C)c1ccccc1. The summed E-state index contributed by atoms with van der Waals surface area (Å²) in [4.78, 5) is 12.9. The summed E-state index contributed by atoms with van der Waals surface area (Å²) in [7, 11) is 0. The summed E-state index contributed by atoms with van der Waals surface area (Å²) in [5, 5.41) is 5.19. The third kappa shape index (κ3) is 6.00. The van der Waals surface area contributed by atoms with Gasteiger partial charge in [0.05, 0.1) is 13.2 Å². The van der Waals surface area contributed by atoms with Crippen LogP contribution >= 0.6 is 0 Å². The number of nitrogens with two attached hydrogens (primary N) is 1. The average molecular weight is 341 g/mol. The lowest BCUT2D eigenvalue weighted by Crippen LogP contribution is -2.87. The van der Waals surface area contributed by atoms with Gasteiger partial charge in [0.2, 0.25) is 0 Å². The Bertz CT molecular complexity index is 671. The predicted molar refractivity (Wildman–Crippen MR) is 102 cm³/mol. The number of hydrogen-bond donors (Lipinski definition) is 2. The second-order valence-corrected chi connectivity index (χ2v) is 6.27. The minimum Gasteiger partial charge on any atom is -0.382 e. The minimum atomic E-state index is -0.261. The Morgan fingerprint density at radius 2 is 1.92 bits per heavy atom. The first-order chi connectivity index (χ1) is 12.1. The van der Waals surface area contributed by atoms with Gasteiger partial charge in [-0.2, -0.15) is 0 Å². The van der Waals surface area contributed by atoms with Crippen LogP contribution in [-0.2, 0) is 9.53 Å². The van der Waals surface area contributed by atoms with E-state index in [9.17, 15) is 4.79 Å². The molecule has 0 bridgehead atoms. The van der Waals surface area contributed by atoms with Gasteiger partial charge < -0.3 is 15.4 Å². The van der Waals surface area contributed by atoms with Crippen molar-refractivity contribution >= 4 is 11.6 Å². The highest BCUT2D eigenvalue weighted by Crippen LogP contribution is 2.18. The molecular formula is C21H29N2O2+. The molecule has 0 heterocycles. The predicted octanol–water partition coefficient (Wildman–Crippen LogP) is 2.97. The Kier molecular flexibility index (Phi) is 7.64. The van der Waals surface area contributed by atoms with Crippen molar-refractivity contribution in [3.05, 3.63) is 65.2 Å². The van der Waals surface area contributed by atoms with Crippen molar-refractivity contribution in [2.45, 2.75) is 33.2 Å². The fraction of sp³-hybridized carbons (Fsp3) is 0.381. The molecule has 0 aliphatic rings. The Balaban J connectivity index is 2.08. The molecule has 3 N–H and O–H groups in total. The van der Waals surface area contributed by atoms with E-state index in [-0.39, 0.29) is 11.9 Å². The molecule has 1 atom stereocenters. The van der Waals surface area contributed by atoms with Crippen molar-refractivity contribution in [1.82, 2.24) is 0 Å². The van der Waals surface area contributed by atoms with Gasteiger partial charge in [0.1, 0.15) is 0 Å². The number of aryl methyl sites for hydroxylation is 2. The third-order valence-corrected chi connectivity index (χ3v) is 4.19. The number of hydrogen-bond acceptors (Lipinski definition) is 2. The van der Waals surface area contributed by atoms with E-state index in [1.807, 2.05) is 63.2 Å². The standard InChI is InChI=1S/C21H28N2O2/c1-4-25-14-8-13-22-20(18-9-6-5-7-10-18)21(24)23-19-15-16(2)11-12-17(19)3/h5-7,9-12,15,20,22H,4,8,13-14H2,1-3H3,(H,23,24)/p+1/t20-/m0/s1. The molecule has 2 aromatic carbocycles. The second-order valence-electron chi connectivity index (χ2n) is 6.27. The molecule has 25 heavy (non-hydrogen) atoms. The van der Waals surface area contributed by atoms with Gasteiger partial charge >= 0.3 is 0 Å². The molecule has 0 aliphatic heterocycles. The smallest absolute Gasteiger partial charge is 0.287 e. The fourth-order valence-corrected chi connectivity index (χ4v) is 2.75. The van der Waals surface area contributed by atoms with Crippen LogP contribution in [0.5, 0.6) is 0 Å². The van der Waals surface area contributed by atoms with Gasteiger partial charge in [-0.3, -0.25) is 4.79 Å². The van der Waals surface area contributed by atoms with Crippen molar-refractivity contribution in [2.24, 2.45) is 0 Å². The normalized spacial score (nSPS) is 12.0. The number of quaternary nitrogens is 1. The highest BCUT2D eigenvalue weighted by Gasteiger charge is 2.24. The maximum absolute atomic E-state index is 12.9. The fourth-order valence-electron chi connectivity index (χ4n) is 2.75. The average Bonchev–Trinajstić information content (AvgIpc) is 2.62. The van der Waals surface area contributed by atoms with Crippen LogP contribution in [-0.4, -0.2) is 25.7 Å². The number of rotatable bonds is 9. The number of amides is 1. The first-order valence-electron chi connectivity index (χ1n) is 8.96. The molecule has 0 unspecified atom stereocenters. The van der Waals surface area contributed by atoms with Crippen LogP contribution in [0.15, 0.2) is 48.5 Å². The van der Waals surface area contributed by atoms with Gasteiger partial charge in [0, 0.05) is 24.3 Å². The summed E-state index contributed by atoms with van der Waals surface area (Å²) in [5.74, 6) is 0.0105. The van der Waals surface area contributed by atoms with Gasteiger partial charge in [-0.15, -0.1) is 0 Å². The van der Waals surface area contributed by atoms with Crippen LogP contribution in [0, 0.1) is 13.8 Å². The van der Waals surface area contributed by atoms with Crippen LogP contribution in [0.2, 0.25) is 0 Å². The molecule has 0 spiro atoms. The van der Waals surface area contributed by atoms with Crippen LogP contribution < -0.4 is 10.6 Å². The number of carbonyl (C=O) groups excluding carboxylic acids is 1. The van der Waals surface area contributed by atoms with Gasteiger partial charge in [-0.25, -0.2) is 0 Å². The molecule has 0 aromatic heterocycles. The molecular weight excluding hydrogens is 312 g/mol. The molecule has 0 radical (unpaired) electrons. The van der Waals surface area contributed by atoms with E-state index in [4.69, 9.17) is 4.74 Å². The minimum absolute atomic E-state index is 0.0105. The maximum Gasteiger partial charge on any atom is 0.287 e. The highest BCUT2D eigenvalue weighted by molar-refractivity contribution is 5.95. The molecule has 4 nitrogen and oxygen atoms in total. The van der Waals surface area contributed by atoms with E-state index in [0.29, 0.717) is 0 Å². The van der Waals surface area contributed by atoms with E-state index in [0.717, 1.165) is 48.6 Å².